The molecule has 10 heterocycles. The number of carbonyl (C=O) groups excluding carboxylic acids is 1. The van der Waals surface area contributed by atoms with Crippen LogP contribution < -0.4 is 18.9 Å². The fourth-order valence-electron chi connectivity index (χ4n) is 9.80. The van der Waals surface area contributed by atoms with Crippen LogP contribution in [-0.2, 0) is 65.9 Å². The molecule has 2 saturated carbocycles. The molecule has 12 rings (SSSR count). The van der Waals surface area contributed by atoms with Gasteiger partial charge in [-0.1, -0.05) is 45.8 Å². The number of pyridine rings is 4. The zero-order valence-electron chi connectivity index (χ0n) is 43.2. The Balaban J connectivity index is 0.000000185. The van der Waals surface area contributed by atoms with Gasteiger partial charge in [-0.05, 0) is 130 Å². The number of carboxylic acid groups (broad SMARTS) is 1. The second kappa shape index (κ2) is 24.3. The summed E-state index contributed by atoms with van der Waals surface area (Å²) in [4.78, 5) is 41.5. The number of halogens is 4. The first kappa shape index (κ1) is 55.7. The van der Waals surface area contributed by atoms with Gasteiger partial charge in [-0.25, -0.2) is 38.1 Å². The molecule has 2 N–H and O–H groups in total. The van der Waals surface area contributed by atoms with Gasteiger partial charge in [-0.2, -0.15) is 0 Å². The Bertz CT molecular complexity index is 3770. The van der Waals surface area contributed by atoms with Crippen molar-refractivity contribution in [1.82, 2.24) is 67.5 Å². The summed E-state index contributed by atoms with van der Waals surface area (Å²) in [5, 5.41) is 26.5. The van der Waals surface area contributed by atoms with E-state index in [1.54, 1.807) is 43.2 Å². The van der Waals surface area contributed by atoms with Gasteiger partial charge in [0.15, 0.2) is 11.6 Å². The van der Waals surface area contributed by atoms with Crippen LogP contribution in [0.4, 0.5) is 8.78 Å². The van der Waals surface area contributed by atoms with Gasteiger partial charge in [0.2, 0.25) is 0 Å². The van der Waals surface area contributed by atoms with E-state index in [0.717, 1.165) is 58.0 Å². The maximum absolute atomic E-state index is 14.5. The van der Waals surface area contributed by atoms with Crippen molar-refractivity contribution in [3.63, 3.8) is 0 Å². The number of esters is 1. The first-order chi connectivity index (χ1) is 36.9. The van der Waals surface area contributed by atoms with E-state index in [1.807, 2.05) is 36.1 Å². The Kier molecular flexibility index (Phi) is 17.4. The van der Waals surface area contributed by atoms with E-state index in [2.05, 4.69) is 59.5 Å². The average molecular weight is 1100 g/mol. The number of carbonyl (C=O) groups is 2. The van der Waals surface area contributed by atoms with Crippen molar-refractivity contribution in [3.05, 3.63) is 165 Å². The Hall–Kier alpha value is -7.02. The molecule has 10 aromatic rings. The molecule has 19 nitrogen and oxygen atoms in total. The molecule has 0 aliphatic heterocycles. The number of imidazole rings is 4. The van der Waals surface area contributed by atoms with E-state index in [1.165, 1.54) is 48.9 Å². The second-order valence-electron chi connectivity index (χ2n) is 19.6. The van der Waals surface area contributed by atoms with Gasteiger partial charge in [-0.15, -0.1) is 10.2 Å². The second-order valence-corrected chi connectivity index (χ2v) is 20.5. The molecule has 24 heteroatoms. The monoisotopic (exact) mass is 1090 g/mol. The van der Waals surface area contributed by atoms with Crippen LogP contribution in [0.1, 0.15) is 127 Å². The molecule has 0 saturated heterocycles. The van der Waals surface area contributed by atoms with Crippen LogP contribution in [0.2, 0.25) is 10.0 Å². The summed E-state index contributed by atoms with van der Waals surface area (Å²) >= 11 is 11.9. The number of nitrogens with zero attached hydrogens (tertiary/aromatic N) is 14. The van der Waals surface area contributed by atoms with Crippen molar-refractivity contribution in [3.8, 4) is 0 Å². The molecule has 2 aliphatic carbocycles. The van der Waals surface area contributed by atoms with E-state index in [4.69, 9.17) is 43.0 Å². The van der Waals surface area contributed by atoms with Crippen LogP contribution in [0.3, 0.4) is 0 Å². The number of carboxylic acids is 1. The molecule has 0 amide bonds. The smallest absolute Gasteiger partial charge is 0.870 e. The van der Waals surface area contributed by atoms with Crippen LogP contribution in [0.5, 0.6) is 0 Å². The SMILES string of the molecule is CCOC(=O)CCc1cc(C2CC2)cn2cc(Cn3cc(CCCc4ncn5ccc(Cl)c(F)c45)nn3)nc12.O=C(O)CCc1cc(C2CC2)cn2cc(Cn3cc(CCCc4ncn5ccc(Cl)c(F)c45)nn3)nc12.[Li+].[OH-]. The third kappa shape index (κ3) is 12.8. The van der Waals surface area contributed by atoms with Gasteiger partial charge in [0.05, 0.1) is 76.6 Å². The van der Waals surface area contributed by atoms with Crippen molar-refractivity contribution < 1.29 is 52.6 Å². The quantitative estimate of drug-likeness (QED) is 0.0619. The summed E-state index contributed by atoms with van der Waals surface area (Å²) in [7, 11) is 0. The van der Waals surface area contributed by atoms with Crippen LogP contribution >= 0.6 is 23.2 Å². The molecule has 2 fully saturated rings. The minimum atomic E-state index is -0.813. The molecule has 78 heavy (non-hydrogen) atoms. The largest absolute Gasteiger partial charge is 1.00 e. The van der Waals surface area contributed by atoms with Gasteiger partial charge >= 0.3 is 30.8 Å². The Morgan fingerprint density at radius 2 is 1.10 bits per heavy atom. The van der Waals surface area contributed by atoms with Gasteiger partial charge in [0.25, 0.3) is 0 Å². The molecule has 0 bridgehead atoms. The molecule has 2 aliphatic rings. The summed E-state index contributed by atoms with van der Waals surface area (Å²) in [5.41, 5.74) is 11.8. The number of aromatic nitrogens is 14. The first-order valence-corrected chi connectivity index (χ1v) is 26.4. The molecule has 0 unspecified atom stereocenters. The Labute approximate surface area is 468 Å². The van der Waals surface area contributed by atoms with Crippen molar-refractivity contribution in [2.75, 3.05) is 6.61 Å². The van der Waals surface area contributed by atoms with Crippen molar-refractivity contribution >= 4 is 57.5 Å². The van der Waals surface area contributed by atoms with Crippen LogP contribution in [0.15, 0.2) is 86.5 Å². The number of hydrogen-bond acceptors (Lipinski definition) is 12. The molecule has 0 radical (unpaired) electrons. The number of aryl methyl sites for hydroxylation is 6. The summed E-state index contributed by atoms with van der Waals surface area (Å²) in [6.07, 6.45) is 28.9. The van der Waals surface area contributed by atoms with Crippen LogP contribution in [0, 0.1) is 11.6 Å². The molecular weight excluding hydrogens is 1040 g/mol. The first-order valence-electron chi connectivity index (χ1n) is 25.7. The van der Waals surface area contributed by atoms with Crippen molar-refractivity contribution in [2.24, 2.45) is 0 Å². The van der Waals surface area contributed by atoms with Crippen LogP contribution in [-0.4, -0.2) is 96.7 Å². The normalized spacial score (nSPS) is 13.2. The van der Waals surface area contributed by atoms with Gasteiger partial charge in [0, 0.05) is 62.4 Å². The van der Waals surface area contributed by atoms with Crippen LogP contribution in [0.25, 0.3) is 22.3 Å². The maximum atomic E-state index is 14.5. The number of hydrogen-bond donors (Lipinski definition) is 1. The Morgan fingerprint density at radius 1 is 0.641 bits per heavy atom. The fraction of sp³-hybridized carbons (Fsp3) is 0.370. The van der Waals surface area contributed by atoms with Crippen molar-refractivity contribution in [2.45, 2.75) is 122 Å². The number of aliphatic carboxylic acids is 1. The predicted octanol–water partition coefficient (Wildman–Crippen LogP) is 6.27. The van der Waals surface area contributed by atoms with E-state index in [-0.39, 0.29) is 46.8 Å². The number of fused-ring (bicyclic) bond motifs is 4. The van der Waals surface area contributed by atoms with E-state index >= 15 is 0 Å². The van der Waals surface area contributed by atoms with E-state index in [9.17, 15) is 18.4 Å². The fourth-order valence-corrected chi connectivity index (χ4v) is 10.1. The van der Waals surface area contributed by atoms with Gasteiger partial charge < -0.3 is 32.9 Å². The molecule has 10 aromatic heterocycles. The van der Waals surface area contributed by atoms with E-state index in [0.29, 0.717) is 98.9 Å². The maximum Gasteiger partial charge on any atom is 1.00 e. The summed E-state index contributed by atoms with van der Waals surface area (Å²) in [6.45, 7) is 3.15. The van der Waals surface area contributed by atoms with E-state index < -0.39 is 17.6 Å². The molecular formula is C54H55Cl2F2LiN14O5. The third-order valence-corrected chi connectivity index (χ3v) is 14.4. The Morgan fingerprint density at radius 3 is 1.54 bits per heavy atom. The molecule has 0 aromatic carbocycles. The molecule has 0 atom stereocenters. The van der Waals surface area contributed by atoms with Gasteiger partial charge in [0.1, 0.15) is 22.3 Å². The minimum absolute atomic E-state index is 0. The molecule has 400 valence electrons. The standard InChI is InChI=1S/C28H29ClFN7O2.C26H25ClFN7O2.Li.H2O/c1-2-39-25(38)9-8-19-12-20(18-6-7-18)13-36-14-22(32-28(19)36)16-37-15-21(33-34-37)4-3-5-24-27-26(30)23(29)10-11-35(27)17-31-24;27-21-8-9-33-15-29-22(25(33)24(21)28)3-1-2-19-13-35(32-31-19)14-20-12-34-11-18(16-4-5-16)10-17(26(34)30-20)6-7-23(36)37;;/h10-15,17-18H,2-9,16H2,1H3;8-13,15-16H,1-7,14H2,(H,36,37);;1H2/q;;+1;/p-1. The predicted molar refractivity (Wildman–Crippen MR) is 280 cm³/mol. The topological polar surface area (TPSA) is 224 Å². The number of ether oxygens (including phenoxy) is 1. The summed E-state index contributed by atoms with van der Waals surface area (Å²) in [6, 6.07) is 7.34. The minimum Gasteiger partial charge on any atom is -0.870 e. The summed E-state index contributed by atoms with van der Waals surface area (Å²) in [5.74, 6) is -0.751. The van der Waals surface area contributed by atoms with Crippen molar-refractivity contribution in [1.29, 1.82) is 0 Å². The average Bonchev–Trinajstić information content (AvgIpc) is 4.06. The molecule has 0 spiro atoms. The zero-order chi connectivity index (χ0) is 52.5. The van der Waals surface area contributed by atoms with Gasteiger partial charge in [-0.3, -0.25) is 9.59 Å². The number of rotatable bonds is 21. The zero-order valence-corrected chi connectivity index (χ0v) is 44.7. The third-order valence-electron chi connectivity index (χ3n) is 13.9. The summed E-state index contributed by atoms with van der Waals surface area (Å²) < 4.78 is 45.0.